The van der Waals surface area contributed by atoms with E-state index in [0.29, 0.717) is 17.8 Å². The first-order valence-corrected chi connectivity index (χ1v) is 11.3. The van der Waals surface area contributed by atoms with E-state index < -0.39 is 5.63 Å². The van der Waals surface area contributed by atoms with Crippen LogP contribution in [0, 0.1) is 6.92 Å². The number of fused-ring (bicyclic) bond motifs is 1. The standard InChI is InChI=1S/C28H24N2O5/c1-18-14-28(32)35-26-15-22(12-13-23(18)26)34-17-27(31)30-25(20-8-10-21(33-2)11-9-20)16-24(29-30)19-6-4-3-5-7-19/h3-15,25H,16-17H2,1-2H3/t25-/m0/s1. The first kappa shape index (κ1) is 22.4. The molecule has 0 unspecified atom stereocenters. The lowest BCUT2D eigenvalue weighted by molar-refractivity contribution is -0.135. The zero-order valence-electron chi connectivity index (χ0n) is 19.4. The summed E-state index contributed by atoms with van der Waals surface area (Å²) in [6, 6.07) is 23.8. The van der Waals surface area contributed by atoms with E-state index in [-0.39, 0.29) is 18.6 Å². The summed E-state index contributed by atoms with van der Waals surface area (Å²) in [5.41, 5.74) is 3.58. The monoisotopic (exact) mass is 468 g/mol. The minimum atomic E-state index is -0.426. The molecule has 7 heteroatoms. The summed E-state index contributed by atoms with van der Waals surface area (Å²) < 4.78 is 16.3. The molecule has 2 heterocycles. The normalized spacial score (nSPS) is 15.2. The number of rotatable bonds is 6. The second kappa shape index (κ2) is 9.46. The molecule has 35 heavy (non-hydrogen) atoms. The van der Waals surface area contributed by atoms with Crippen molar-refractivity contribution in [2.75, 3.05) is 13.7 Å². The molecule has 1 aromatic heterocycles. The Balaban J connectivity index is 1.39. The van der Waals surface area contributed by atoms with Crippen LogP contribution >= 0.6 is 0 Å². The van der Waals surface area contributed by atoms with Crippen molar-refractivity contribution in [2.45, 2.75) is 19.4 Å². The Labute approximate surface area is 202 Å². The van der Waals surface area contributed by atoms with Gasteiger partial charge in [0.25, 0.3) is 5.91 Å². The number of methoxy groups -OCH3 is 1. The predicted molar refractivity (Wildman–Crippen MR) is 133 cm³/mol. The average Bonchev–Trinajstić information content (AvgIpc) is 3.33. The molecule has 7 nitrogen and oxygen atoms in total. The lowest BCUT2D eigenvalue weighted by atomic mass is 9.98. The fourth-order valence-electron chi connectivity index (χ4n) is 4.24. The first-order valence-electron chi connectivity index (χ1n) is 11.3. The molecule has 0 radical (unpaired) electrons. The van der Waals surface area contributed by atoms with Crippen molar-refractivity contribution in [3.05, 3.63) is 106 Å². The van der Waals surface area contributed by atoms with E-state index in [1.54, 1.807) is 19.2 Å². The molecule has 3 aromatic carbocycles. The molecule has 0 N–H and O–H groups in total. The molecular formula is C28H24N2O5. The molecule has 0 aliphatic carbocycles. The van der Waals surface area contributed by atoms with Gasteiger partial charge in [-0.05, 0) is 47.9 Å². The van der Waals surface area contributed by atoms with Gasteiger partial charge in [0.1, 0.15) is 17.1 Å². The number of hydrogen-bond donors (Lipinski definition) is 0. The Morgan fingerprint density at radius 3 is 2.51 bits per heavy atom. The number of hydrogen-bond acceptors (Lipinski definition) is 6. The van der Waals surface area contributed by atoms with Crippen molar-refractivity contribution in [3.63, 3.8) is 0 Å². The quantitative estimate of drug-likeness (QED) is 0.377. The van der Waals surface area contributed by atoms with Gasteiger partial charge in [-0.2, -0.15) is 5.10 Å². The SMILES string of the molecule is COc1ccc([C@@H]2CC(c3ccccc3)=NN2C(=O)COc2ccc3c(C)cc(=O)oc3c2)cc1. The Morgan fingerprint density at radius 1 is 1.03 bits per heavy atom. The lowest BCUT2D eigenvalue weighted by Gasteiger charge is -2.22. The molecule has 176 valence electrons. The Hall–Kier alpha value is -4.39. The molecule has 0 fully saturated rings. The Bertz CT molecular complexity index is 1460. The summed E-state index contributed by atoms with van der Waals surface area (Å²) in [5.74, 6) is 0.907. The lowest BCUT2D eigenvalue weighted by Crippen LogP contribution is -2.31. The minimum absolute atomic E-state index is 0.209. The third-order valence-corrected chi connectivity index (χ3v) is 6.06. The van der Waals surface area contributed by atoms with Crippen molar-refractivity contribution in [1.29, 1.82) is 0 Å². The van der Waals surface area contributed by atoms with Gasteiger partial charge in [0.15, 0.2) is 6.61 Å². The van der Waals surface area contributed by atoms with E-state index in [4.69, 9.17) is 13.9 Å². The molecule has 1 aliphatic rings. The van der Waals surface area contributed by atoms with Gasteiger partial charge in [0.2, 0.25) is 0 Å². The third kappa shape index (κ3) is 4.66. The van der Waals surface area contributed by atoms with Gasteiger partial charge in [-0.15, -0.1) is 0 Å². The highest BCUT2D eigenvalue weighted by atomic mass is 16.5. The number of carbonyl (C=O) groups excluding carboxylic acids is 1. The van der Waals surface area contributed by atoms with Crippen molar-refractivity contribution in [1.82, 2.24) is 5.01 Å². The number of carbonyl (C=O) groups is 1. The topological polar surface area (TPSA) is 81.3 Å². The second-order valence-corrected chi connectivity index (χ2v) is 8.34. The number of ether oxygens (including phenoxy) is 2. The highest BCUT2D eigenvalue weighted by Crippen LogP contribution is 2.34. The van der Waals surface area contributed by atoms with E-state index in [2.05, 4.69) is 5.10 Å². The van der Waals surface area contributed by atoms with E-state index in [1.807, 2.05) is 67.6 Å². The fourth-order valence-corrected chi connectivity index (χ4v) is 4.24. The molecule has 5 rings (SSSR count). The van der Waals surface area contributed by atoms with Crippen LogP contribution in [0.2, 0.25) is 0 Å². The molecule has 1 aliphatic heterocycles. The number of hydrazone groups is 1. The van der Waals surface area contributed by atoms with E-state index in [1.165, 1.54) is 11.1 Å². The largest absolute Gasteiger partial charge is 0.497 e. The van der Waals surface area contributed by atoms with Crippen LogP contribution in [0.1, 0.15) is 29.2 Å². The van der Waals surface area contributed by atoms with Crippen LogP contribution in [0.5, 0.6) is 11.5 Å². The maximum absolute atomic E-state index is 13.3. The molecule has 1 amide bonds. The zero-order chi connectivity index (χ0) is 24.4. The van der Waals surface area contributed by atoms with Crippen molar-refractivity contribution >= 4 is 22.6 Å². The predicted octanol–water partition coefficient (Wildman–Crippen LogP) is 4.87. The van der Waals surface area contributed by atoms with E-state index >= 15 is 0 Å². The highest BCUT2D eigenvalue weighted by molar-refractivity contribution is 6.03. The highest BCUT2D eigenvalue weighted by Gasteiger charge is 2.33. The van der Waals surface area contributed by atoms with Crippen molar-refractivity contribution < 1.29 is 18.7 Å². The van der Waals surface area contributed by atoms with Crippen LogP contribution in [0.15, 0.2) is 93.2 Å². The second-order valence-electron chi connectivity index (χ2n) is 8.34. The average molecular weight is 469 g/mol. The summed E-state index contributed by atoms with van der Waals surface area (Å²) in [6.07, 6.45) is 0.586. The zero-order valence-corrected chi connectivity index (χ0v) is 19.4. The van der Waals surface area contributed by atoms with Gasteiger partial charge in [-0.25, -0.2) is 9.80 Å². The minimum Gasteiger partial charge on any atom is -0.497 e. The smallest absolute Gasteiger partial charge is 0.336 e. The van der Waals surface area contributed by atoms with Crippen molar-refractivity contribution in [3.8, 4) is 11.5 Å². The van der Waals surface area contributed by atoms with Gasteiger partial charge < -0.3 is 13.9 Å². The van der Waals surface area contributed by atoms with Crippen molar-refractivity contribution in [2.24, 2.45) is 5.10 Å². The molecule has 0 saturated heterocycles. The number of nitrogens with zero attached hydrogens (tertiary/aromatic N) is 2. The molecule has 0 saturated carbocycles. The van der Waals surface area contributed by atoms with Gasteiger partial charge in [-0.1, -0.05) is 42.5 Å². The summed E-state index contributed by atoms with van der Waals surface area (Å²) in [7, 11) is 1.62. The van der Waals surface area contributed by atoms with Gasteiger partial charge in [0.05, 0.1) is 18.9 Å². The van der Waals surface area contributed by atoms with Crippen LogP contribution in [0.25, 0.3) is 11.0 Å². The number of aryl methyl sites for hydroxylation is 1. The third-order valence-electron chi connectivity index (χ3n) is 6.06. The van der Waals surface area contributed by atoms with Crippen LogP contribution in [0.3, 0.4) is 0 Å². The summed E-state index contributed by atoms with van der Waals surface area (Å²) >= 11 is 0. The van der Waals surface area contributed by atoms with Crippen LogP contribution < -0.4 is 15.1 Å². The summed E-state index contributed by atoms with van der Waals surface area (Å²) in [6.45, 7) is 1.64. The summed E-state index contributed by atoms with van der Waals surface area (Å²) in [4.78, 5) is 25.0. The number of benzene rings is 3. The van der Waals surface area contributed by atoms with Crippen LogP contribution in [-0.4, -0.2) is 30.3 Å². The maximum atomic E-state index is 13.3. The summed E-state index contributed by atoms with van der Waals surface area (Å²) in [5, 5.41) is 6.99. The molecule has 1 atom stereocenters. The molecule has 0 spiro atoms. The fraction of sp³-hybridized carbons (Fsp3) is 0.179. The number of amides is 1. The maximum Gasteiger partial charge on any atom is 0.336 e. The molecule has 4 aromatic rings. The Morgan fingerprint density at radius 2 is 1.77 bits per heavy atom. The van der Waals surface area contributed by atoms with Gasteiger partial charge in [-0.3, -0.25) is 4.79 Å². The van der Waals surface area contributed by atoms with E-state index in [9.17, 15) is 9.59 Å². The van der Waals surface area contributed by atoms with Crippen LogP contribution in [0.4, 0.5) is 0 Å². The van der Waals surface area contributed by atoms with Gasteiger partial charge in [0, 0.05) is 23.9 Å². The van der Waals surface area contributed by atoms with Crippen LogP contribution in [-0.2, 0) is 4.79 Å². The first-order chi connectivity index (χ1) is 17.0. The molecule has 0 bridgehead atoms. The van der Waals surface area contributed by atoms with E-state index in [0.717, 1.165) is 33.5 Å². The Kier molecular flexibility index (Phi) is 6.06. The molecular weight excluding hydrogens is 444 g/mol. The van der Waals surface area contributed by atoms with Gasteiger partial charge >= 0.3 is 5.63 Å².